The Bertz CT molecular complexity index is 936. The largest absolute Gasteiger partial charge is 0.486 e. The van der Waals surface area contributed by atoms with Gasteiger partial charge >= 0.3 is 0 Å². The summed E-state index contributed by atoms with van der Waals surface area (Å²) in [4.78, 5) is 28.6. The Kier molecular flexibility index (Phi) is 5.15. The molecule has 0 spiro atoms. The van der Waals surface area contributed by atoms with Crippen LogP contribution >= 0.6 is 0 Å². The Morgan fingerprint density at radius 3 is 2.66 bits per heavy atom. The first-order chi connectivity index (χ1) is 13.8. The molecule has 0 amide bonds. The Balaban J connectivity index is 1.65. The van der Waals surface area contributed by atoms with E-state index in [0.29, 0.717) is 49.2 Å². The molecule has 2 aromatic rings. The lowest BCUT2D eigenvalue weighted by Crippen LogP contribution is -2.30. The van der Waals surface area contributed by atoms with E-state index in [9.17, 15) is 4.79 Å². The molecule has 7 heteroatoms. The van der Waals surface area contributed by atoms with Crippen molar-refractivity contribution in [2.45, 2.75) is 46.5 Å². The summed E-state index contributed by atoms with van der Waals surface area (Å²) in [5, 5.41) is 0. The standard InChI is InChI=1S/C22H28N4O3/c1-22(2,3)11-14(27)13-26(4)21-15-6-5-7-16(15)24-20(25-21)17-10-18-19(12-23-17)29-9-8-28-18/h10,12H,5-9,11,13H2,1-4H3. The maximum Gasteiger partial charge on any atom is 0.180 e. The van der Waals surface area contributed by atoms with Gasteiger partial charge < -0.3 is 14.4 Å². The van der Waals surface area contributed by atoms with E-state index in [-0.39, 0.29) is 11.2 Å². The predicted octanol–water partition coefficient (Wildman–Crippen LogP) is 3.24. The number of fused-ring (bicyclic) bond motifs is 2. The number of Topliss-reactive ketones (excluding diaryl/α,β-unsaturated/α-hetero) is 1. The third-order valence-corrected chi connectivity index (χ3v) is 5.07. The molecule has 1 aliphatic heterocycles. The van der Waals surface area contributed by atoms with E-state index in [1.54, 1.807) is 6.20 Å². The molecule has 0 bridgehead atoms. The van der Waals surface area contributed by atoms with Crippen LogP contribution < -0.4 is 14.4 Å². The molecule has 3 heterocycles. The molecule has 2 aromatic heterocycles. The number of ether oxygens (including phenoxy) is 2. The maximum absolute atomic E-state index is 12.5. The Morgan fingerprint density at radius 1 is 1.14 bits per heavy atom. The fraction of sp³-hybridized carbons (Fsp3) is 0.545. The normalized spacial score (nSPS) is 15.2. The van der Waals surface area contributed by atoms with Crippen LogP contribution in [0.25, 0.3) is 11.5 Å². The van der Waals surface area contributed by atoms with Gasteiger partial charge in [0, 0.05) is 30.8 Å². The summed E-state index contributed by atoms with van der Waals surface area (Å²) in [5.41, 5.74) is 2.83. The lowest BCUT2D eigenvalue weighted by atomic mass is 9.90. The van der Waals surface area contributed by atoms with Crippen molar-refractivity contribution in [3.63, 3.8) is 0 Å². The van der Waals surface area contributed by atoms with Crippen LogP contribution in [0.4, 0.5) is 5.82 Å². The topological polar surface area (TPSA) is 77.4 Å². The first-order valence-corrected chi connectivity index (χ1v) is 10.2. The molecule has 1 aliphatic carbocycles. The molecule has 0 fully saturated rings. The van der Waals surface area contributed by atoms with Gasteiger partial charge in [-0.3, -0.25) is 4.79 Å². The molecular weight excluding hydrogens is 368 g/mol. The number of carbonyl (C=O) groups excluding carboxylic acids is 1. The van der Waals surface area contributed by atoms with Gasteiger partial charge in [0.05, 0.1) is 12.7 Å². The second kappa shape index (κ2) is 7.61. The van der Waals surface area contributed by atoms with Gasteiger partial charge in [-0.05, 0) is 24.7 Å². The number of likely N-dealkylation sites (N-methyl/N-ethyl adjacent to an activating group) is 1. The van der Waals surface area contributed by atoms with Crippen LogP contribution in [-0.2, 0) is 17.6 Å². The third-order valence-electron chi connectivity index (χ3n) is 5.07. The highest BCUT2D eigenvalue weighted by Crippen LogP contribution is 2.34. The summed E-state index contributed by atoms with van der Waals surface area (Å²) in [7, 11) is 1.93. The smallest absolute Gasteiger partial charge is 0.180 e. The van der Waals surface area contributed by atoms with E-state index in [1.807, 2.05) is 18.0 Å². The van der Waals surface area contributed by atoms with Gasteiger partial charge in [0.25, 0.3) is 0 Å². The summed E-state index contributed by atoms with van der Waals surface area (Å²) in [6.07, 6.45) is 5.13. The molecular formula is C22H28N4O3. The van der Waals surface area contributed by atoms with E-state index < -0.39 is 0 Å². The number of hydrogen-bond donors (Lipinski definition) is 0. The van der Waals surface area contributed by atoms with Crippen LogP contribution in [0, 0.1) is 5.41 Å². The number of ketones is 1. The Morgan fingerprint density at radius 2 is 1.90 bits per heavy atom. The fourth-order valence-corrected chi connectivity index (χ4v) is 3.90. The zero-order valence-corrected chi connectivity index (χ0v) is 17.6. The number of carbonyl (C=O) groups is 1. The van der Waals surface area contributed by atoms with Crippen LogP contribution in [0.5, 0.6) is 11.5 Å². The first kappa shape index (κ1) is 19.6. The van der Waals surface area contributed by atoms with Crippen LogP contribution in [0.3, 0.4) is 0 Å². The van der Waals surface area contributed by atoms with Gasteiger partial charge in [-0.1, -0.05) is 20.8 Å². The third kappa shape index (κ3) is 4.33. The number of anilines is 1. The number of rotatable bonds is 5. The molecule has 154 valence electrons. The minimum Gasteiger partial charge on any atom is -0.486 e. The number of pyridine rings is 1. The van der Waals surface area contributed by atoms with Crippen LogP contribution in [-0.4, -0.2) is 47.5 Å². The fourth-order valence-electron chi connectivity index (χ4n) is 3.90. The zero-order valence-electron chi connectivity index (χ0n) is 17.6. The lowest BCUT2D eigenvalue weighted by molar-refractivity contribution is -0.119. The highest BCUT2D eigenvalue weighted by Gasteiger charge is 2.25. The lowest BCUT2D eigenvalue weighted by Gasteiger charge is -2.23. The molecule has 0 atom stereocenters. The van der Waals surface area contributed by atoms with Crippen molar-refractivity contribution in [2.75, 3.05) is 31.7 Å². The van der Waals surface area contributed by atoms with E-state index >= 15 is 0 Å². The van der Waals surface area contributed by atoms with Crippen LogP contribution in [0.2, 0.25) is 0 Å². The van der Waals surface area contributed by atoms with Gasteiger partial charge in [-0.25, -0.2) is 15.0 Å². The molecule has 0 radical (unpaired) electrons. The minimum absolute atomic E-state index is 0.0220. The number of hydrogen-bond acceptors (Lipinski definition) is 7. The molecule has 0 saturated heterocycles. The molecule has 0 unspecified atom stereocenters. The average molecular weight is 396 g/mol. The molecule has 0 aromatic carbocycles. The van der Waals surface area contributed by atoms with Crippen molar-refractivity contribution in [1.29, 1.82) is 0 Å². The zero-order chi connectivity index (χ0) is 20.6. The Labute approximate surface area is 171 Å². The molecule has 4 rings (SSSR count). The number of aryl methyl sites for hydroxylation is 1. The summed E-state index contributed by atoms with van der Waals surface area (Å²) in [5.74, 6) is 2.92. The first-order valence-electron chi connectivity index (χ1n) is 10.2. The molecule has 2 aliphatic rings. The van der Waals surface area contributed by atoms with Gasteiger partial charge in [-0.2, -0.15) is 0 Å². The SMILES string of the molecule is CN(CC(=O)CC(C)(C)C)c1nc(-c2cc3c(cn2)OCCO3)nc2c1CCC2. The summed E-state index contributed by atoms with van der Waals surface area (Å²) < 4.78 is 11.2. The number of nitrogens with zero attached hydrogens (tertiary/aromatic N) is 4. The van der Waals surface area contributed by atoms with Crippen molar-refractivity contribution >= 4 is 11.6 Å². The highest BCUT2D eigenvalue weighted by atomic mass is 16.6. The summed E-state index contributed by atoms with van der Waals surface area (Å²) >= 11 is 0. The van der Waals surface area contributed by atoms with Gasteiger partial charge in [0.1, 0.15) is 24.7 Å². The van der Waals surface area contributed by atoms with E-state index in [2.05, 4.69) is 25.8 Å². The van der Waals surface area contributed by atoms with Crippen molar-refractivity contribution in [1.82, 2.24) is 15.0 Å². The van der Waals surface area contributed by atoms with E-state index in [1.165, 1.54) is 0 Å². The summed E-state index contributed by atoms with van der Waals surface area (Å²) in [6.45, 7) is 7.64. The van der Waals surface area contributed by atoms with Gasteiger partial charge in [0.15, 0.2) is 23.1 Å². The summed E-state index contributed by atoms with van der Waals surface area (Å²) in [6, 6.07) is 1.83. The van der Waals surface area contributed by atoms with E-state index in [4.69, 9.17) is 19.4 Å². The number of aromatic nitrogens is 3. The molecule has 7 nitrogen and oxygen atoms in total. The average Bonchev–Trinajstić information content (AvgIpc) is 3.13. The van der Waals surface area contributed by atoms with Crippen molar-refractivity contribution in [3.05, 3.63) is 23.5 Å². The highest BCUT2D eigenvalue weighted by molar-refractivity contribution is 5.84. The quantitative estimate of drug-likeness (QED) is 0.768. The van der Waals surface area contributed by atoms with Crippen molar-refractivity contribution in [2.24, 2.45) is 5.41 Å². The second-order valence-corrected chi connectivity index (χ2v) is 8.99. The van der Waals surface area contributed by atoms with Gasteiger partial charge in [-0.15, -0.1) is 0 Å². The predicted molar refractivity (Wildman–Crippen MR) is 111 cm³/mol. The molecule has 29 heavy (non-hydrogen) atoms. The minimum atomic E-state index is -0.0220. The van der Waals surface area contributed by atoms with Crippen molar-refractivity contribution < 1.29 is 14.3 Å². The molecule has 0 saturated carbocycles. The van der Waals surface area contributed by atoms with Crippen LogP contribution in [0.1, 0.15) is 44.9 Å². The maximum atomic E-state index is 12.5. The Hall–Kier alpha value is -2.70. The van der Waals surface area contributed by atoms with Gasteiger partial charge in [0.2, 0.25) is 0 Å². The second-order valence-electron chi connectivity index (χ2n) is 8.99. The van der Waals surface area contributed by atoms with Crippen molar-refractivity contribution in [3.8, 4) is 23.0 Å². The van der Waals surface area contributed by atoms with E-state index in [0.717, 1.165) is 36.3 Å². The molecule has 0 N–H and O–H groups in total. The van der Waals surface area contributed by atoms with Crippen LogP contribution in [0.15, 0.2) is 12.3 Å². The monoisotopic (exact) mass is 396 g/mol.